The van der Waals surface area contributed by atoms with E-state index in [1.54, 1.807) is 24.3 Å². The van der Waals surface area contributed by atoms with Gasteiger partial charge in [-0.05, 0) is 43.2 Å². The van der Waals surface area contributed by atoms with Gasteiger partial charge in [0.25, 0.3) is 5.56 Å². The van der Waals surface area contributed by atoms with E-state index in [1.807, 2.05) is 32.0 Å². The van der Waals surface area contributed by atoms with Gasteiger partial charge in [-0.2, -0.15) is 4.98 Å². The maximum Gasteiger partial charge on any atom is 0.262 e. The standard InChI is InChI=1S/C20H18ClN3O3S/c1-12-6-3-4-9-16(12)24-19(27)10-17(25)23-20(24)28-11-18(26)22-15-8-5-7-14(21)13(15)2/h3-10,25H,11H2,1-2H3,(H,22,26). The van der Waals surface area contributed by atoms with Gasteiger partial charge in [0.2, 0.25) is 11.8 Å². The minimum Gasteiger partial charge on any atom is -0.493 e. The molecule has 1 heterocycles. The molecule has 0 aliphatic carbocycles. The number of amides is 1. The van der Waals surface area contributed by atoms with Crippen LogP contribution in [-0.4, -0.2) is 26.3 Å². The number of nitrogens with one attached hydrogen (secondary N) is 1. The van der Waals surface area contributed by atoms with Crippen LogP contribution >= 0.6 is 23.4 Å². The average molecular weight is 416 g/mol. The van der Waals surface area contributed by atoms with Crippen molar-refractivity contribution in [1.82, 2.24) is 9.55 Å². The summed E-state index contributed by atoms with van der Waals surface area (Å²) in [6.45, 7) is 3.69. The summed E-state index contributed by atoms with van der Waals surface area (Å²) < 4.78 is 1.39. The summed E-state index contributed by atoms with van der Waals surface area (Å²) in [6.07, 6.45) is 0. The van der Waals surface area contributed by atoms with Crippen LogP contribution in [0.25, 0.3) is 5.69 Å². The third-order valence-corrected chi connectivity index (χ3v) is 5.45. The van der Waals surface area contributed by atoms with E-state index in [1.165, 1.54) is 4.57 Å². The maximum absolute atomic E-state index is 12.5. The molecule has 0 radical (unpaired) electrons. The molecular formula is C20H18ClN3O3S. The van der Waals surface area contributed by atoms with Gasteiger partial charge in [-0.1, -0.05) is 47.6 Å². The number of anilines is 1. The van der Waals surface area contributed by atoms with E-state index >= 15 is 0 Å². The van der Waals surface area contributed by atoms with Crippen LogP contribution in [0.1, 0.15) is 11.1 Å². The first-order valence-corrected chi connectivity index (χ1v) is 9.80. The molecule has 0 spiro atoms. The number of rotatable bonds is 5. The first-order valence-electron chi connectivity index (χ1n) is 8.43. The van der Waals surface area contributed by atoms with Gasteiger partial charge < -0.3 is 10.4 Å². The fourth-order valence-corrected chi connectivity index (χ4v) is 3.62. The molecule has 2 N–H and O–H groups in total. The number of aryl methyl sites for hydroxylation is 1. The lowest BCUT2D eigenvalue weighted by atomic mass is 10.2. The highest BCUT2D eigenvalue weighted by Crippen LogP contribution is 2.25. The number of aromatic nitrogens is 2. The first kappa shape index (κ1) is 20.0. The Bertz CT molecular complexity index is 1100. The van der Waals surface area contributed by atoms with E-state index in [2.05, 4.69) is 10.3 Å². The number of hydrogen-bond acceptors (Lipinski definition) is 5. The van der Waals surface area contributed by atoms with Crippen LogP contribution < -0.4 is 10.9 Å². The summed E-state index contributed by atoms with van der Waals surface area (Å²) in [5, 5.41) is 13.3. The van der Waals surface area contributed by atoms with Crippen molar-refractivity contribution in [3.63, 3.8) is 0 Å². The van der Waals surface area contributed by atoms with Crippen LogP contribution in [0.3, 0.4) is 0 Å². The van der Waals surface area contributed by atoms with Crippen LogP contribution in [0.4, 0.5) is 5.69 Å². The van der Waals surface area contributed by atoms with Crippen LogP contribution in [0.5, 0.6) is 5.88 Å². The average Bonchev–Trinajstić information content (AvgIpc) is 2.64. The van der Waals surface area contributed by atoms with Gasteiger partial charge in [0.05, 0.1) is 17.5 Å². The van der Waals surface area contributed by atoms with Gasteiger partial charge in [0, 0.05) is 10.7 Å². The molecule has 2 aromatic carbocycles. The number of aromatic hydroxyl groups is 1. The predicted octanol–water partition coefficient (Wildman–Crippen LogP) is 3.94. The second kappa shape index (κ2) is 8.50. The molecule has 0 unspecified atom stereocenters. The fourth-order valence-electron chi connectivity index (χ4n) is 2.64. The Labute approximate surface area is 171 Å². The van der Waals surface area contributed by atoms with E-state index in [0.717, 1.165) is 29.0 Å². The summed E-state index contributed by atoms with van der Waals surface area (Å²) in [7, 11) is 0. The number of nitrogens with zero attached hydrogens (tertiary/aromatic N) is 2. The van der Waals surface area contributed by atoms with Gasteiger partial charge in [-0.15, -0.1) is 0 Å². The highest BCUT2D eigenvalue weighted by atomic mass is 35.5. The molecule has 8 heteroatoms. The van der Waals surface area contributed by atoms with Crippen LogP contribution in [-0.2, 0) is 4.79 Å². The lowest BCUT2D eigenvalue weighted by molar-refractivity contribution is -0.113. The summed E-state index contributed by atoms with van der Waals surface area (Å²) in [6, 6.07) is 13.7. The number of halogens is 1. The molecule has 1 aromatic heterocycles. The van der Waals surface area contributed by atoms with Crippen LogP contribution in [0.2, 0.25) is 5.02 Å². The van der Waals surface area contributed by atoms with Crippen LogP contribution in [0.15, 0.2) is 58.5 Å². The Kier molecular flexibility index (Phi) is 6.06. The molecule has 0 saturated carbocycles. The number of hydrogen-bond donors (Lipinski definition) is 2. The number of carbonyl (C=O) groups excluding carboxylic acids is 1. The Morgan fingerprint density at radius 3 is 2.71 bits per heavy atom. The summed E-state index contributed by atoms with van der Waals surface area (Å²) in [5.74, 6) is -0.652. The molecule has 28 heavy (non-hydrogen) atoms. The SMILES string of the molecule is Cc1ccccc1-n1c(SCC(=O)Nc2cccc(Cl)c2C)nc(O)cc1=O. The van der Waals surface area contributed by atoms with E-state index in [9.17, 15) is 14.7 Å². The maximum atomic E-state index is 12.5. The normalized spacial score (nSPS) is 10.7. The Balaban J connectivity index is 1.85. The van der Waals surface area contributed by atoms with Crippen molar-refractivity contribution in [2.45, 2.75) is 19.0 Å². The van der Waals surface area contributed by atoms with E-state index < -0.39 is 5.56 Å². The molecule has 0 atom stereocenters. The molecule has 3 aromatic rings. The smallest absolute Gasteiger partial charge is 0.262 e. The van der Waals surface area contributed by atoms with Gasteiger partial charge in [-0.3, -0.25) is 14.2 Å². The van der Waals surface area contributed by atoms with Crippen molar-refractivity contribution >= 4 is 35.0 Å². The molecule has 0 saturated heterocycles. The van der Waals surface area contributed by atoms with Crippen molar-refractivity contribution in [2.75, 3.05) is 11.1 Å². The highest BCUT2D eigenvalue weighted by molar-refractivity contribution is 7.99. The first-order chi connectivity index (χ1) is 13.4. The van der Waals surface area contributed by atoms with Gasteiger partial charge in [0.1, 0.15) is 0 Å². The largest absolute Gasteiger partial charge is 0.493 e. The van der Waals surface area contributed by atoms with Gasteiger partial charge >= 0.3 is 0 Å². The minimum atomic E-state index is -0.421. The number of carbonyl (C=O) groups is 1. The van der Waals surface area contributed by atoms with Crippen LogP contribution in [0, 0.1) is 13.8 Å². The predicted molar refractivity (Wildman–Crippen MR) is 112 cm³/mol. The summed E-state index contributed by atoms with van der Waals surface area (Å²) in [5.41, 5.74) is 2.50. The molecule has 6 nitrogen and oxygen atoms in total. The third-order valence-electron chi connectivity index (χ3n) is 4.10. The topological polar surface area (TPSA) is 84.2 Å². The van der Waals surface area contributed by atoms with Crippen molar-refractivity contribution in [3.05, 3.63) is 75.0 Å². The molecule has 0 aliphatic heterocycles. The van der Waals surface area contributed by atoms with Gasteiger partial charge in [0.15, 0.2) is 5.16 Å². The van der Waals surface area contributed by atoms with Crippen molar-refractivity contribution in [2.24, 2.45) is 0 Å². The van der Waals surface area contributed by atoms with E-state index in [0.29, 0.717) is 16.4 Å². The van der Waals surface area contributed by atoms with E-state index in [4.69, 9.17) is 11.6 Å². The lowest BCUT2D eigenvalue weighted by Crippen LogP contribution is -2.22. The second-order valence-electron chi connectivity index (χ2n) is 6.11. The molecule has 0 fully saturated rings. The quantitative estimate of drug-likeness (QED) is 0.487. The molecular weight excluding hydrogens is 398 g/mol. The molecule has 0 aliphatic rings. The molecule has 3 rings (SSSR count). The number of thioether (sulfide) groups is 1. The summed E-state index contributed by atoms with van der Waals surface area (Å²) in [4.78, 5) is 28.9. The zero-order valence-electron chi connectivity index (χ0n) is 15.3. The molecule has 144 valence electrons. The second-order valence-corrected chi connectivity index (χ2v) is 7.46. The van der Waals surface area contributed by atoms with Gasteiger partial charge in [-0.25, -0.2) is 0 Å². The lowest BCUT2D eigenvalue weighted by Gasteiger charge is -2.14. The third kappa shape index (κ3) is 4.37. The highest BCUT2D eigenvalue weighted by Gasteiger charge is 2.15. The van der Waals surface area contributed by atoms with Crippen molar-refractivity contribution in [1.29, 1.82) is 0 Å². The number of benzene rings is 2. The van der Waals surface area contributed by atoms with Crippen molar-refractivity contribution in [3.8, 4) is 11.6 Å². The van der Waals surface area contributed by atoms with Crippen molar-refractivity contribution < 1.29 is 9.90 Å². The summed E-state index contributed by atoms with van der Waals surface area (Å²) >= 11 is 7.14. The number of para-hydroxylation sites is 1. The van der Waals surface area contributed by atoms with E-state index in [-0.39, 0.29) is 22.7 Å². The Hall–Kier alpha value is -2.77. The Morgan fingerprint density at radius 1 is 1.21 bits per heavy atom. The Morgan fingerprint density at radius 2 is 1.96 bits per heavy atom. The minimum absolute atomic E-state index is 0.00767. The zero-order valence-corrected chi connectivity index (χ0v) is 16.8. The molecule has 1 amide bonds. The fraction of sp³-hybridized carbons (Fsp3) is 0.150. The monoisotopic (exact) mass is 415 g/mol. The molecule has 0 bridgehead atoms. The zero-order chi connectivity index (χ0) is 20.3.